The van der Waals surface area contributed by atoms with Crippen LogP contribution in [0, 0.1) is 0 Å². The second kappa shape index (κ2) is 9.42. The van der Waals surface area contributed by atoms with Crippen molar-refractivity contribution in [2.24, 2.45) is 0 Å². The molecule has 0 saturated carbocycles. The van der Waals surface area contributed by atoms with Crippen LogP contribution >= 0.6 is 0 Å². The fourth-order valence-electron chi connectivity index (χ4n) is 3.25. The van der Waals surface area contributed by atoms with Crippen LogP contribution in [0.1, 0.15) is 79.1 Å². The molecule has 2 heteroatoms. The minimum atomic E-state index is -3.37. The molecule has 0 amide bonds. The minimum absolute atomic E-state index is 1.09. The molecule has 1 nitrogen and oxygen atoms in total. The summed E-state index contributed by atoms with van der Waals surface area (Å²) in [4.78, 5) is 0. The predicted molar refractivity (Wildman–Crippen MR) is 79.5 cm³/mol. The van der Waals surface area contributed by atoms with Crippen molar-refractivity contribution in [2.45, 2.75) is 98.0 Å². The van der Waals surface area contributed by atoms with Crippen molar-refractivity contribution in [3.8, 4) is 0 Å². The molecule has 0 unspecified atom stereocenters. The molecule has 0 aliphatic heterocycles. The van der Waals surface area contributed by atoms with Crippen LogP contribution in [-0.4, -0.2) is 0 Å². The van der Waals surface area contributed by atoms with Gasteiger partial charge in [-0.15, -0.1) is 0 Å². The van der Waals surface area contributed by atoms with Crippen molar-refractivity contribution in [3.63, 3.8) is 0 Å². The van der Waals surface area contributed by atoms with Crippen molar-refractivity contribution in [1.82, 2.24) is 0 Å². The molecule has 0 spiro atoms. The first-order chi connectivity index (χ1) is 8.54. The van der Waals surface area contributed by atoms with Crippen molar-refractivity contribution >= 4 is 0 Å². The van der Waals surface area contributed by atoms with E-state index in [0.717, 1.165) is 18.9 Å². The van der Waals surface area contributed by atoms with Crippen LogP contribution in [0.3, 0.4) is 0 Å². The molecule has 0 saturated heterocycles. The number of hydrogen-bond acceptors (Lipinski definition) is 1. The molecule has 0 N–H and O–H groups in total. The molecule has 0 aliphatic carbocycles. The Hall–Kier alpha value is 0.514. The predicted octanol–water partition coefficient (Wildman–Crippen LogP) is 6.90. The molecule has 0 rings (SSSR count). The van der Waals surface area contributed by atoms with Gasteiger partial charge in [-0.25, -0.2) is 0 Å². The molecule has 0 fully saturated rings. The van der Waals surface area contributed by atoms with Gasteiger partial charge >= 0.3 is 117 Å². The van der Waals surface area contributed by atoms with E-state index in [9.17, 15) is 3.32 Å². The average molecular weight is 292 g/mol. The molecule has 18 heavy (non-hydrogen) atoms. The number of hydrogen-bond donors (Lipinski definition) is 0. The summed E-state index contributed by atoms with van der Waals surface area (Å²) in [6.45, 7) is 8.93. The van der Waals surface area contributed by atoms with Crippen LogP contribution in [0.15, 0.2) is 0 Å². The fourth-order valence-corrected chi connectivity index (χ4v) is 13.4. The number of unbranched alkanes of at least 4 members (excludes halogenated alkanes) is 4. The Kier molecular flexibility index (Phi) is 9.69. The quantitative estimate of drug-likeness (QED) is 0.358. The third kappa shape index (κ3) is 6.61. The van der Waals surface area contributed by atoms with Gasteiger partial charge in [-0.2, -0.15) is 0 Å². The third-order valence-corrected chi connectivity index (χ3v) is 14.8. The molecule has 0 aliphatic rings. The van der Waals surface area contributed by atoms with Crippen molar-refractivity contribution in [2.75, 3.05) is 0 Å². The summed E-state index contributed by atoms with van der Waals surface area (Å²) in [6, 6.07) is 0. The zero-order valence-corrected chi connectivity index (χ0v) is 15.0. The van der Waals surface area contributed by atoms with Crippen LogP contribution in [0.2, 0.25) is 18.9 Å². The third-order valence-electron chi connectivity index (χ3n) is 4.65. The van der Waals surface area contributed by atoms with E-state index < -0.39 is 15.3 Å². The van der Waals surface area contributed by atoms with E-state index >= 15 is 0 Å². The maximum absolute atomic E-state index is 13.9. The molecule has 0 aromatic heterocycles. The fraction of sp³-hybridized carbons (Fsp3) is 1.00. The summed E-state index contributed by atoms with van der Waals surface area (Å²) in [7, 11) is 0. The molecule has 0 atom stereocenters. The monoisotopic (exact) mass is 292 g/mol. The maximum atomic E-state index is 13.9. The second-order valence-corrected chi connectivity index (χ2v) is 16.1. The summed E-state index contributed by atoms with van der Waals surface area (Å²) in [5.41, 5.74) is 0. The van der Waals surface area contributed by atoms with Crippen molar-refractivity contribution in [1.29, 1.82) is 0 Å². The van der Waals surface area contributed by atoms with E-state index in [0.29, 0.717) is 0 Å². The van der Waals surface area contributed by atoms with Crippen LogP contribution < -0.4 is 0 Å². The van der Waals surface area contributed by atoms with E-state index in [1.54, 1.807) is 0 Å². The number of rotatable bonds is 12. The zero-order valence-electron chi connectivity index (χ0n) is 13.4. The van der Waals surface area contributed by atoms with Gasteiger partial charge in [-0.1, -0.05) is 0 Å². The molecule has 0 aromatic carbocycles. The van der Waals surface area contributed by atoms with Crippen LogP contribution in [0.25, 0.3) is 0 Å². The first-order valence-electron chi connectivity index (χ1n) is 8.45. The van der Waals surface area contributed by atoms with Gasteiger partial charge in [0.1, 0.15) is 0 Å². The van der Waals surface area contributed by atoms with Gasteiger partial charge in [0.05, 0.1) is 0 Å². The van der Waals surface area contributed by atoms with Gasteiger partial charge in [0, 0.05) is 0 Å². The topological polar surface area (TPSA) is 17.1 Å². The van der Waals surface area contributed by atoms with E-state index in [1.807, 2.05) is 0 Å². The standard InChI is InChI=1S/4C4H9.O.Ti/c4*1-3-4-2;;/h4*1,3-4H2,2H3;;. The molecule has 0 aromatic rings. The van der Waals surface area contributed by atoms with Crippen LogP contribution in [0.4, 0.5) is 0 Å². The molecular formula is C16H36OTi. The zero-order chi connectivity index (χ0) is 13.9. The molecule has 0 radical (unpaired) electrons. The molecule has 110 valence electrons. The van der Waals surface area contributed by atoms with Crippen LogP contribution in [0.5, 0.6) is 0 Å². The second-order valence-electron chi connectivity index (χ2n) is 6.49. The van der Waals surface area contributed by atoms with Gasteiger partial charge in [-0.3, -0.25) is 0 Å². The molecule has 0 heterocycles. The summed E-state index contributed by atoms with van der Waals surface area (Å²) in [5, 5.41) is 0. The Labute approximate surface area is 116 Å². The van der Waals surface area contributed by atoms with Gasteiger partial charge in [0.2, 0.25) is 0 Å². The Balaban J connectivity index is 4.89. The first kappa shape index (κ1) is 18.5. The van der Waals surface area contributed by atoms with E-state index in [2.05, 4.69) is 27.7 Å². The van der Waals surface area contributed by atoms with E-state index in [-0.39, 0.29) is 0 Å². The summed E-state index contributed by atoms with van der Waals surface area (Å²) in [5.74, 6) is 0. The first-order valence-corrected chi connectivity index (χ1v) is 13.5. The van der Waals surface area contributed by atoms with Gasteiger partial charge < -0.3 is 0 Å². The Bertz CT molecular complexity index is 204. The normalized spacial score (nSPS) is 12.9. The van der Waals surface area contributed by atoms with Crippen molar-refractivity contribution in [3.05, 3.63) is 0 Å². The van der Waals surface area contributed by atoms with E-state index in [1.165, 1.54) is 51.4 Å². The molecule has 0 bridgehead atoms. The van der Waals surface area contributed by atoms with Gasteiger partial charge in [-0.05, 0) is 0 Å². The van der Waals surface area contributed by atoms with Gasteiger partial charge in [0.15, 0.2) is 0 Å². The van der Waals surface area contributed by atoms with E-state index in [4.69, 9.17) is 0 Å². The van der Waals surface area contributed by atoms with Crippen LogP contribution in [-0.2, 0) is 18.6 Å². The summed E-state index contributed by atoms with van der Waals surface area (Å²) < 4.78 is 18.3. The van der Waals surface area contributed by atoms with Gasteiger partial charge in [0.25, 0.3) is 0 Å². The SMILES string of the molecule is CCC[CH2][Ti](=[O])([CH2]CCC)([CH2]CCC)[CH2]CCC. The van der Waals surface area contributed by atoms with Crippen molar-refractivity contribution < 1.29 is 18.6 Å². The summed E-state index contributed by atoms with van der Waals surface area (Å²) in [6.07, 6.45) is 9.57. The Morgan fingerprint density at radius 1 is 0.556 bits per heavy atom. The Morgan fingerprint density at radius 3 is 0.944 bits per heavy atom. The summed E-state index contributed by atoms with van der Waals surface area (Å²) >= 11 is -3.37. The Morgan fingerprint density at radius 2 is 0.778 bits per heavy atom. The average Bonchev–Trinajstić information content (AvgIpc) is 2.40. The molecular weight excluding hydrogens is 256 g/mol.